The molecule has 0 amide bonds. The van der Waals surface area contributed by atoms with Gasteiger partial charge < -0.3 is 5.11 Å². The van der Waals surface area contributed by atoms with Crippen molar-refractivity contribution in [3.05, 3.63) is 29.6 Å². The molecule has 88 valence electrons. The molecule has 0 aromatic carbocycles. The zero-order valence-corrected chi connectivity index (χ0v) is 10.2. The van der Waals surface area contributed by atoms with Crippen molar-refractivity contribution in [2.75, 3.05) is 0 Å². The smallest absolute Gasteiger partial charge is 0.0623 e. The highest BCUT2D eigenvalue weighted by atomic mass is 16.3. The van der Waals surface area contributed by atoms with E-state index in [2.05, 4.69) is 24.9 Å². The van der Waals surface area contributed by atoms with Crippen molar-refractivity contribution in [2.45, 2.75) is 45.6 Å². The van der Waals surface area contributed by atoms with Gasteiger partial charge in [-0.1, -0.05) is 19.9 Å². The van der Waals surface area contributed by atoms with Crippen LogP contribution in [0, 0.1) is 11.8 Å². The topological polar surface area (TPSA) is 33.1 Å². The van der Waals surface area contributed by atoms with Crippen molar-refractivity contribution in [1.82, 2.24) is 4.98 Å². The number of pyridine rings is 1. The molecule has 0 spiro atoms. The van der Waals surface area contributed by atoms with E-state index in [9.17, 15) is 5.11 Å². The first-order valence-electron chi connectivity index (χ1n) is 6.32. The lowest BCUT2D eigenvalue weighted by molar-refractivity contribution is 0.104. The van der Waals surface area contributed by atoms with Crippen LogP contribution in [0.15, 0.2) is 18.3 Å². The number of rotatable bonds is 5. The number of aryl methyl sites for hydroxylation is 1. The van der Waals surface area contributed by atoms with Crippen LogP contribution < -0.4 is 0 Å². The lowest BCUT2D eigenvalue weighted by atomic mass is 9.95. The van der Waals surface area contributed by atoms with E-state index in [0.717, 1.165) is 18.0 Å². The van der Waals surface area contributed by atoms with Crippen molar-refractivity contribution in [3.8, 4) is 0 Å². The molecule has 0 bridgehead atoms. The van der Waals surface area contributed by atoms with Gasteiger partial charge in [-0.3, -0.25) is 4.98 Å². The Balaban J connectivity index is 1.91. The van der Waals surface area contributed by atoms with Crippen LogP contribution in [-0.2, 0) is 12.8 Å². The predicted octanol–water partition coefficient (Wildman–Crippen LogP) is 2.59. The van der Waals surface area contributed by atoms with E-state index in [0.29, 0.717) is 12.3 Å². The lowest BCUT2D eigenvalue weighted by Crippen LogP contribution is -2.22. The van der Waals surface area contributed by atoms with Gasteiger partial charge in [-0.2, -0.15) is 0 Å². The maximum atomic E-state index is 10.1. The number of hydrogen-bond donors (Lipinski definition) is 1. The summed E-state index contributed by atoms with van der Waals surface area (Å²) in [6.07, 6.45) is 5.99. The molecule has 2 nitrogen and oxygen atoms in total. The van der Waals surface area contributed by atoms with E-state index in [1.54, 1.807) is 0 Å². The van der Waals surface area contributed by atoms with Crippen LogP contribution in [0.25, 0.3) is 0 Å². The Labute approximate surface area is 97.7 Å². The van der Waals surface area contributed by atoms with Gasteiger partial charge in [0.15, 0.2) is 0 Å². The molecule has 0 saturated heterocycles. The molecule has 2 rings (SSSR count). The number of aliphatic hydroxyl groups excluding tert-OH is 1. The lowest BCUT2D eigenvalue weighted by Gasteiger charge is -2.17. The highest BCUT2D eigenvalue weighted by Crippen LogP contribution is 2.38. The van der Waals surface area contributed by atoms with Gasteiger partial charge in [-0.25, -0.2) is 0 Å². The van der Waals surface area contributed by atoms with Crippen LogP contribution in [0.3, 0.4) is 0 Å². The number of aliphatic hydroxyl groups is 1. The van der Waals surface area contributed by atoms with Crippen LogP contribution in [0.2, 0.25) is 0 Å². The summed E-state index contributed by atoms with van der Waals surface area (Å²) in [4.78, 5) is 4.39. The second kappa shape index (κ2) is 4.96. The third-order valence-electron chi connectivity index (χ3n) is 3.69. The molecule has 1 aliphatic rings. The molecule has 1 aliphatic carbocycles. The molecule has 1 N–H and O–H groups in total. The third-order valence-corrected chi connectivity index (χ3v) is 3.69. The van der Waals surface area contributed by atoms with Gasteiger partial charge in [-0.15, -0.1) is 0 Å². The number of hydrogen-bond acceptors (Lipinski definition) is 2. The molecular weight excluding hydrogens is 198 g/mol. The zero-order valence-electron chi connectivity index (χ0n) is 10.2. The van der Waals surface area contributed by atoms with Crippen molar-refractivity contribution in [3.63, 3.8) is 0 Å². The van der Waals surface area contributed by atoms with E-state index in [4.69, 9.17) is 0 Å². The van der Waals surface area contributed by atoms with Crippen LogP contribution >= 0.6 is 0 Å². The summed E-state index contributed by atoms with van der Waals surface area (Å²) < 4.78 is 0. The van der Waals surface area contributed by atoms with E-state index >= 15 is 0 Å². The third kappa shape index (κ3) is 2.82. The molecule has 1 fully saturated rings. The van der Waals surface area contributed by atoms with Gasteiger partial charge in [0.1, 0.15) is 0 Å². The Morgan fingerprint density at radius 1 is 1.44 bits per heavy atom. The van der Waals surface area contributed by atoms with Crippen molar-refractivity contribution < 1.29 is 5.11 Å². The Morgan fingerprint density at radius 3 is 2.69 bits per heavy atom. The largest absolute Gasteiger partial charge is 0.392 e. The average molecular weight is 219 g/mol. The van der Waals surface area contributed by atoms with Crippen LogP contribution in [0.1, 0.15) is 37.9 Å². The van der Waals surface area contributed by atoms with Gasteiger partial charge in [-0.05, 0) is 42.7 Å². The summed E-state index contributed by atoms with van der Waals surface area (Å²) in [5.41, 5.74) is 2.27. The van der Waals surface area contributed by atoms with Crippen LogP contribution in [-0.4, -0.2) is 16.2 Å². The minimum atomic E-state index is -0.229. The molecule has 2 heteroatoms. The summed E-state index contributed by atoms with van der Waals surface area (Å²) >= 11 is 0. The standard InChI is InChI=1S/C14H21NO/c1-3-11-4-7-13(15-9-11)8-14(16)10(2)12-5-6-12/h4,7,9-10,12,14,16H,3,5-6,8H2,1-2H3. The molecule has 2 atom stereocenters. The highest BCUT2D eigenvalue weighted by Gasteiger charge is 2.32. The first kappa shape index (κ1) is 11.6. The molecule has 0 radical (unpaired) electrons. The SMILES string of the molecule is CCc1ccc(CC(O)C(C)C2CC2)nc1. The Hall–Kier alpha value is -0.890. The summed E-state index contributed by atoms with van der Waals surface area (Å²) in [5.74, 6) is 1.18. The molecule has 1 aromatic rings. The monoisotopic (exact) mass is 219 g/mol. The van der Waals surface area contributed by atoms with Gasteiger partial charge in [0.25, 0.3) is 0 Å². The molecule has 1 aromatic heterocycles. The quantitative estimate of drug-likeness (QED) is 0.825. The summed E-state index contributed by atoms with van der Waals surface area (Å²) in [6.45, 7) is 4.28. The van der Waals surface area contributed by atoms with Crippen molar-refractivity contribution >= 4 is 0 Å². The molecular formula is C14H21NO. The van der Waals surface area contributed by atoms with E-state index in [1.807, 2.05) is 12.3 Å². The first-order chi connectivity index (χ1) is 7.70. The maximum absolute atomic E-state index is 10.1. The normalized spacial score (nSPS) is 19.4. The average Bonchev–Trinajstić information content (AvgIpc) is 3.13. The predicted molar refractivity (Wildman–Crippen MR) is 65.2 cm³/mol. The van der Waals surface area contributed by atoms with E-state index < -0.39 is 0 Å². The van der Waals surface area contributed by atoms with Crippen LogP contribution in [0.4, 0.5) is 0 Å². The highest BCUT2D eigenvalue weighted by molar-refractivity contribution is 5.14. The number of nitrogens with zero attached hydrogens (tertiary/aromatic N) is 1. The molecule has 16 heavy (non-hydrogen) atoms. The minimum Gasteiger partial charge on any atom is -0.392 e. The zero-order chi connectivity index (χ0) is 11.5. The fraction of sp³-hybridized carbons (Fsp3) is 0.643. The van der Waals surface area contributed by atoms with Crippen molar-refractivity contribution in [1.29, 1.82) is 0 Å². The molecule has 1 heterocycles. The van der Waals surface area contributed by atoms with Crippen LogP contribution in [0.5, 0.6) is 0 Å². The van der Waals surface area contributed by atoms with E-state index in [-0.39, 0.29) is 6.10 Å². The molecule has 0 aliphatic heterocycles. The van der Waals surface area contributed by atoms with Crippen molar-refractivity contribution in [2.24, 2.45) is 11.8 Å². The minimum absolute atomic E-state index is 0.229. The van der Waals surface area contributed by atoms with Gasteiger partial charge in [0.05, 0.1) is 6.10 Å². The molecule has 2 unspecified atom stereocenters. The van der Waals surface area contributed by atoms with Gasteiger partial charge in [0.2, 0.25) is 0 Å². The second-order valence-electron chi connectivity index (χ2n) is 4.98. The maximum Gasteiger partial charge on any atom is 0.0623 e. The van der Waals surface area contributed by atoms with Gasteiger partial charge >= 0.3 is 0 Å². The Bertz CT molecular complexity index is 329. The summed E-state index contributed by atoms with van der Waals surface area (Å²) in [5, 5.41) is 10.1. The Morgan fingerprint density at radius 2 is 2.19 bits per heavy atom. The second-order valence-corrected chi connectivity index (χ2v) is 4.98. The first-order valence-corrected chi connectivity index (χ1v) is 6.32. The Kier molecular flexibility index (Phi) is 3.59. The number of aromatic nitrogens is 1. The fourth-order valence-electron chi connectivity index (χ4n) is 2.12. The van der Waals surface area contributed by atoms with Gasteiger partial charge in [0, 0.05) is 18.3 Å². The van der Waals surface area contributed by atoms with E-state index in [1.165, 1.54) is 18.4 Å². The summed E-state index contributed by atoms with van der Waals surface area (Å²) in [6, 6.07) is 4.15. The fourth-order valence-corrected chi connectivity index (χ4v) is 2.12. The summed E-state index contributed by atoms with van der Waals surface area (Å²) in [7, 11) is 0. The molecule has 1 saturated carbocycles.